The Balaban J connectivity index is 2.38. The van der Waals surface area contributed by atoms with Crippen molar-refractivity contribution in [2.45, 2.75) is 26.3 Å². The quantitative estimate of drug-likeness (QED) is 0.866. The van der Waals surface area contributed by atoms with Gasteiger partial charge in [-0.15, -0.1) is 0 Å². The van der Waals surface area contributed by atoms with Crippen LogP contribution in [0.1, 0.15) is 29.7 Å². The molecule has 0 spiro atoms. The van der Waals surface area contributed by atoms with Gasteiger partial charge in [-0.25, -0.2) is 13.2 Å². The van der Waals surface area contributed by atoms with Crippen LogP contribution in [-0.4, -0.2) is 6.54 Å². The Morgan fingerprint density at radius 3 is 2.33 bits per heavy atom. The second-order valence-corrected chi connectivity index (χ2v) is 5.02. The number of rotatable bonds is 5. The summed E-state index contributed by atoms with van der Waals surface area (Å²) >= 11 is 0. The number of aryl methyl sites for hydroxylation is 1. The van der Waals surface area contributed by atoms with Gasteiger partial charge in [-0.05, 0) is 55.3 Å². The molecule has 21 heavy (non-hydrogen) atoms. The first-order valence-electron chi connectivity index (χ1n) is 6.95. The third-order valence-electron chi connectivity index (χ3n) is 3.53. The molecule has 0 aliphatic rings. The summed E-state index contributed by atoms with van der Waals surface area (Å²) in [4.78, 5) is 0. The van der Waals surface area contributed by atoms with E-state index in [1.54, 1.807) is 6.07 Å². The summed E-state index contributed by atoms with van der Waals surface area (Å²) in [5.41, 5.74) is 1.64. The third kappa shape index (κ3) is 3.64. The molecule has 0 fully saturated rings. The Morgan fingerprint density at radius 1 is 1.05 bits per heavy atom. The van der Waals surface area contributed by atoms with Crippen LogP contribution < -0.4 is 5.32 Å². The summed E-state index contributed by atoms with van der Waals surface area (Å²) in [5, 5.41) is 3.07. The molecule has 2 rings (SSSR count). The van der Waals surface area contributed by atoms with Crippen molar-refractivity contribution >= 4 is 0 Å². The van der Waals surface area contributed by atoms with Crippen LogP contribution in [0.2, 0.25) is 0 Å². The molecule has 4 heteroatoms. The molecule has 0 heterocycles. The highest BCUT2D eigenvalue weighted by atomic mass is 19.1. The van der Waals surface area contributed by atoms with E-state index in [4.69, 9.17) is 0 Å². The van der Waals surface area contributed by atoms with Crippen molar-refractivity contribution < 1.29 is 13.2 Å². The van der Waals surface area contributed by atoms with Crippen LogP contribution in [0.3, 0.4) is 0 Å². The lowest BCUT2D eigenvalue weighted by Gasteiger charge is -2.20. The van der Waals surface area contributed by atoms with E-state index in [-0.39, 0.29) is 11.4 Å². The highest BCUT2D eigenvalue weighted by Crippen LogP contribution is 2.25. The standard InChI is InChI=1S/C17H18F3N/c1-3-21-16(17-14(19)5-4-6-15(17)20)10-12-9-13(18)8-7-11(12)2/h4-9,16,21H,3,10H2,1-2H3. The normalized spacial score (nSPS) is 12.4. The van der Waals surface area contributed by atoms with Gasteiger partial charge >= 0.3 is 0 Å². The maximum absolute atomic E-state index is 14.0. The molecule has 0 amide bonds. The average molecular weight is 293 g/mol. The lowest BCUT2D eigenvalue weighted by molar-refractivity contribution is 0.472. The van der Waals surface area contributed by atoms with Crippen LogP contribution in [0.5, 0.6) is 0 Å². The van der Waals surface area contributed by atoms with E-state index in [1.807, 2.05) is 13.8 Å². The molecule has 1 atom stereocenters. The zero-order valence-corrected chi connectivity index (χ0v) is 12.1. The summed E-state index contributed by atoms with van der Waals surface area (Å²) in [7, 11) is 0. The number of nitrogens with one attached hydrogen (secondary N) is 1. The summed E-state index contributed by atoms with van der Waals surface area (Å²) in [6.07, 6.45) is 0.329. The van der Waals surface area contributed by atoms with Gasteiger partial charge in [0.15, 0.2) is 0 Å². The molecule has 1 N–H and O–H groups in total. The summed E-state index contributed by atoms with van der Waals surface area (Å²) in [6.45, 7) is 4.28. The number of likely N-dealkylation sites (N-methyl/N-ethyl adjacent to an activating group) is 1. The Hall–Kier alpha value is -1.81. The van der Waals surface area contributed by atoms with Gasteiger partial charge in [-0.3, -0.25) is 0 Å². The number of halogens is 3. The number of hydrogen-bond donors (Lipinski definition) is 1. The Kier molecular flexibility index (Phi) is 5.02. The minimum atomic E-state index is -0.588. The molecule has 0 radical (unpaired) electrons. The number of benzene rings is 2. The van der Waals surface area contributed by atoms with E-state index in [2.05, 4.69) is 5.32 Å². The van der Waals surface area contributed by atoms with E-state index >= 15 is 0 Å². The Bertz CT molecular complexity index is 605. The van der Waals surface area contributed by atoms with E-state index in [0.717, 1.165) is 11.1 Å². The fraction of sp³-hybridized carbons (Fsp3) is 0.294. The topological polar surface area (TPSA) is 12.0 Å². The molecule has 0 aliphatic heterocycles. The van der Waals surface area contributed by atoms with Gasteiger partial charge in [0, 0.05) is 11.6 Å². The molecule has 0 aromatic heterocycles. The average Bonchev–Trinajstić information content (AvgIpc) is 2.43. The summed E-state index contributed by atoms with van der Waals surface area (Å²) in [5.74, 6) is -1.52. The highest BCUT2D eigenvalue weighted by molar-refractivity contribution is 5.31. The van der Waals surface area contributed by atoms with Crippen LogP contribution in [0.25, 0.3) is 0 Å². The number of hydrogen-bond acceptors (Lipinski definition) is 1. The predicted molar refractivity (Wildman–Crippen MR) is 77.6 cm³/mol. The molecule has 112 valence electrons. The smallest absolute Gasteiger partial charge is 0.130 e. The van der Waals surface area contributed by atoms with E-state index < -0.39 is 17.7 Å². The monoisotopic (exact) mass is 293 g/mol. The zero-order valence-electron chi connectivity index (χ0n) is 12.1. The van der Waals surface area contributed by atoms with Gasteiger partial charge in [0.05, 0.1) is 0 Å². The van der Waals surface area contributed by atoms with Gasteiger partial charge in [-0.1, -0.05) is 19.1 Å². The lowest BCUT2D eigenvalue weighted by atomic mass is 9.95. The van der Waals surface area contributed by atoms with Gasteiger partial charge in [0.1, 0.15) is 17.5 Å². The van der Waals surface area contributed by atoms with Crippen LogP contribution in [0.15, 0.2) is 36.4 Å². The maximum atomic E-state index is 14.0. The van der Waals surface area contributed by atoms with Crippen molar-refractivity contribution in [3.8, 4) is 0 Å². The van der Waals surface area contributed by atoms with Gasteiger partial charge in [0.25, 0.3) is 0 Å². The molecule has 0 saturated heterocycles. The maximum Gasteiger partial charge on any atom is 0.130 e. The second-order valence-electron chi connectivity index (χ2n) is 5.02. The molecule has 0 saturated carbocycles. The van der Waals surface area contributed by atoms with Gasteiger partial charge in [-0.2, -0.15) is 0 Å². The van der Waals surface area contributed by atoms with Crippen molar-refractivity contribution in [1.29, 1.82) is 0 Å². The lowest BCUT2D eigenvalue weighted by Crippen LogP contribution is -2.25. The first-order valence-corrected chi connectivity index (χ1v) is 6.95. The first kappa shape index (κ1) is 15.6. The van der Waals surface area contributed by atoms with E-state index in [1.165, 1.54) is 30.3 Å². The van der Waals surface area contributed by atoms with E-state index in [0.29, 0.717) is 13.0 Å². The fourth-order valence-electron chi connectivity index (χ4n) is 2.45. The molecule has 2 aromatic rings. The van der Waals surface area contributed by atoms with Crippen molar-refractivity contribution in [2.75, 3.05) is 6.54 Å². The van der Waals surface area contributed by atoms with Crippen molar-refractivity contribution in [3.05, 3.63) is 70.5 Å². The molecule has 1 nitrogen and oxygen atoms in total. The van der Waals surface area contributed by atoms with Crippen LogP contribution in [0, 0.1) is 24.4 Å². The summed E-state index contributed by atoms with van der Waals surface area (Å²) in [6, 6.07) is 7.75. The Morgan fingerprint density at radius 2 is 1.71 bits per heavy atom. The minimum absolute atomic E-state index is 0.00279. The van der Waals surface area contributed by atoms with Gasteiger partial charge < -0.3 is 5.32 Å². The van der Waals surface area contributed by atoms with Crippen molar-refractivity contribution in [3.63, 3.8) is 0 Å². The van der Waals surface area contributed by atoms with Crippen LogP contribution in [-0.2, 0) is 6.42 Å². The van der Waals surface area contributed by atoms with Gasteiger partial charge in [0.2, 0.25) is 0 Å². The zero-order chi connectivity index (χ0) is 15.4. The first-order chi connectivity index (χ1) is 10.0. The van der Waals surface area contributed by atoms with Crippen molar-refractivity contribution in [2.24, 2.45) is 0 Å². The SMILES string of the molecule is CCNC(Cc1cc(F)ccc1C)c1c(F)cccc1F. The second kappa shape index (κ2) is 6.76. The molecule has 2 aromatic carbocycles. The molecular formula is C17H18F3N. The summed E-state index contributed by atoms with van der Waals surface area (Å²) < 4.78 is 41.3. The van der Waals surface area contributed by atoms with Crippen LogP contribution in [0.4, 0.5) is 13.2 Å². The van der Waals surface area contributed by atoms with Crippen molar-refractivity contribution in [1.82, 2.24) is 5.32 Å². The van der Waals surface area contributed by atoms with E-state index in [9.17, 15) is 13.2 Å². The molecule has 0 aliphatic carbocycles. The molecular weight excluding hydrogens is 275 g/mol. The predicted octanol–water partition coefficient (Wildman–Crippen LogP) is 4.31. The third-order valence-corrected chi connectivity index (χ3v) is 3.53. The largest absolute Gasteiger partial charge is 0.310 e. The highest BCUT2D eigenvalue weighted by Gasteiger charge is 2.20. The molecule has 1 unspecified atom stereocenters. The minimum Gasteiger partial charge on any atom is -0.310 e. The van der Waals surface area contributed by atoms with Crippen LogP contribution >= 0.6 is 0 Å². The molecule has 0 bridgehead atoms. The fourth-order valence-corrected chi connectivity index (χ4v) is 2.45. The Labute approximate surface area is 122 Å².